The summed E-state index contributed by atoms with van der Waals surface area (Å²) in [5.41, 5.74) is 4.84. The molecule has 0 saturated carbocycles. The average Bonchev–Trinajstić information content (AvgIpc) is 3.01. The van der Waals surface area contributed by atoms with E-state index in [1.165, 1.54) is 22.3 Å². The van der Waals surface area contributed by atoms with E-state index in [9.17, 15) is 0 Å². The van der Waals surface area contributed by atoms with Gasteiger partial charge in [0, 0.05) is 23.5 Å². The maximum atomic E-state index is 4.38. The summed E-state index contributed by atoms with van der Waals surface area (Å²) in [6.45, 7) is 0.936. The molecule has 88 valence electrons. The zero-order valence-corrected chi connectivity index (χ0v) is 9.85. The predicted molar refractivity (Wildman–Crippen MR) is 72.9 cm³/mol. The lowest BCUT2D eigenvalue weighted by molar-refractivity contribution is 0.852. The highest BCUT2D eigenvalue weighted by atomic mass is 15.1. The fourth-order valence-electron chi connectivity index (χ4n) is 2.79. The molecule has 1 unspecified atom stereocenters. The largest absolute Gasteiger partial charge is 0.384 e. The molecule has 1 atom stereocenters. The minimum atomic E-state index is 0.369. The third kappa shape index (κ3) is 1.27. The number of rotatable bonds is 1. The van der Waals surface area contributed by atoms with Gasteiger partial charge in [0.15, 0.2) is 0 Å². The van der Waals surface area contributed by atoms with Crippen molar-refractivity contribution in [1.82, 2.24) is 10.2 Å². The first kappa shape index (κ1) is 9.71. The van der Waals surface area contributed by atoms with E-state index in [2.05, 4.69) is 51.9 Å². The van der Waals surface area contributed by atoms with Gasteiger partial charge in [0.1, 0.15) is 0 Å². The van der Waals surface area contributed by atoms with Gasteiger partial charge in [-0.1, -0.05) is 36.4 Å². The van der Waals surface area contributed by atoms with Crippen LogP contribution in [0.15, 0.2) is 48.5 Å². The van der Waals surface area contributed by atoms with Crippen molar-refractivity contribution in [2.45, 2.75) is 5.92 Å². The summed E-state index contributed by atoms with van der Waals surface area (Å²) in [6.07, 6.45) is 0. The molecule has 0 amide bonds. The van der Waals surface area contributed by atoms with Crippen LogP contribution in [-0.4, -0.2) is 16.7 Å². The molecule has 0 radical (unpaired) electrons. The van der Waals surface area contributed by atoms with Crippen molar-refractivity contribution in [3.8, 4) is 0 Å². The van der Waals surface area contributed by atoms with E-state index in [1.54, 1.807) is 0 Å². The van der Waals surface area contributed by atoms with Crippen LogP contribution in [0, 0.1) is 0 Å². The monoisotopic (exact) mass is 235 g/mol. The number of H-pyrrole nitrogens is 1. The first-order chi connectivity index (χ1) is 8.93. The van der Waals surface area contributed by atoms with E-state index in [0.29, 0.717) is 5.92 Å². The van der Waals surface area contributed by atoms with E-state index in [-0.39, 0.29) is 0 Å². The molecule has 2 N–H and O–H groups in total. The fourth-order valence-corrected chi connectivity index (χ4v) is 2.79. The Morgan fingerprint density at radius 2 is 1.83 bits per heavy atom. The molecule has 1 aliphatic heterocycles. The van der Waals surface area contributed by atoms with Crippen molar-refractivity contribution >= 4 is 16.6 Å². The minimum absolute atomic E-state index is 0.369. The standard InChI is InChI=1S/C15H13N3/c1-3-7-13-10(5-1)12(9-16-13)15-11-6-2-4-8-14(11)17-18-15/h1-8,12,16H,9H2,(H,17,18). The quantitative estimate of drug-likeness (QED) is 0.680. The summed E-state index contributed by atoms with van der Waals surface area (Å²) in [4.78, 5) is 0. The molecule has 2 aromatic carbocycles. The predicted octanol–water partition coefficient (Wildman–Crippen LogP) is 3.12. The van der Waals surface area contributed by atoms with Gasteiger partial charge >= 0.3 is 0 Å². The molecule has 0 spiro atoms. The smallest absolute Gasteiger partial charge is 0.0923 e. The topological polar surface area (TPSA) is 40.7 Å². The van der Waals surface area contributed by atoms with Crippen LogP contribution in [0.1, 0.15) is 17.2 Å². The molecule has 1 aromatic heterocycles. The lowest BCUT2D eigenvalue weighted by Crippen LogP contribution is -2.04. The number of para-hydroxylation sites is 2. The van der Waals surface area contributed by atoms with E-state index in [1.807, 2.05) is 12.1 Å². The van der Waals surface area contributed by atoms with Gasteiger partial charge in [-0.15, -0.1) is 0 Å². The van der Waals surface area contributed by atoms with Gasteiger partial charge in [0.25, 0.3) is 0 Å². The molecule has 1 aliphatic rings. The van der Waals surface area contributed by atoms with Crippen LogP contribution in [0.5, 0.6) is 0 Å². The van der Waals surface area contributed by atoms with Crippen molar-refractivity contribution in [2.24, 2.45) is 0 Å². The van der Waals surface area contributed by atoms with Crippen LogP contribution >= 0.6 is 0 Å². The second-order valence-corrected chi connectivity index (χ2v) is 4.68. The van der Waals surface area contributed by atoms with Gasteiger partial charge < -0.3 is 5.32 Å². The molecular weight excluding hydrogens is 222 g/mol. The number of aromatic nitrogens is 2. The van der Waals surface area contributed by atoms with Gasteiger partial charge in [0.2, 0.25) is 0 Å². The molecule has 2 heterocycles. The Balaban J connectivity index is 1.90. The number of hydrogen-bond donors (Lipinski definition) is 2. The minimum Gasteiger partial charge on any atom is -0.384 e. The second kappa shape index (κ2) is 3.60. The summed E-state index contributed by atoms with van der Waals surface area (Å²) in [6, 6.07) is 16.8. The maximum Gasteiger partial charge on any atom is 0.0923 e. The van der Waals surface area contributed by atoms with Gasteiger partial charge in [-0.25, -0.2) is 0 Å². The number of anilines is 1. The Kier molecular flexibility index (Phi) is 1.94. The van der Waals surface area contributed by atoms with Crippen LogP contribution in [0.3, 0.4) is 0 Å². The van der Waals surface area contributed by atoms with Crippen LogP contribution in [0.4, 0.5) is 5.69 Å². The third-order valence-corrected chi connectivity index (χ3v) is 3.67. The van der Waals surface area contributed by atoms with E-state index in [4.69, 9.17) is 0 Å². The second-order valence-electron chi connectivity index (χ2n) is 4.68. The Labute approximate surface area is 105 Å². The van der Waals surface area contributed by atoms with Gasteiger partial charge in [-0.2, -0.15) is 5.10 Å². The molecule has 0 aliphatic carbocycles. The lowest BCUT2D eigenvalue weighted by Gasteiger charge is -2.08. The molecular formula is C15H13N3. The van der Waals surface area contributed by atoms with Crippen molar-refractivity contribution in [3.05, 3.63) is 59.8 Å². The molecule has 4 rings (SSSR count). The first-order valence-corrected chi connectivity index (χ1v) is 6.19. The normalized spacial score (nSPS) is 17.7. The Bertz CT molecular complexity index is 714. The molecule has 3 nitrogen and oxygen atoms in total. The summed E-state index contributed by atoms with van der Waals surface area (Å²) >= 11 is 0. The summed E-state index contributed by atoms with van der Waals surface area (Å²) in [7, 11) is 0. The van der Waals surface area contributed by atoms with Crippen LogP contribution in [-0.2, 0) is 0 Å². The fraction of sp³-hybridized carbons (Fsp3) is 0.133. The Hall–Kier alpha value is -2.29. The maximum absolute atomic E-state index is 4.38. The number of nitrogens with one attached hydrogen (secondary N) is 2. The van der Waals surface area contributed by atoms with E-state index in [0.717, 1.165) is 12.1 Å². The van der Waals surface area contributed by atoms with Gasteiger partial charge in [-0.05, 0) is 17.7 Å². The van der Waals surface area contributed by atoms with Crippen molar-refractivity contribution in [2.75, 3.05) is 11.9 Å². The summed E-state index contributed by atoms with van der Waals surface area (Å²) < 4.78 is 0. The zero-order chi connectivity index (χ0) is 11.9. The third-order valence-electron chi connectivity index (χ3n) is 3.67. The van der Waals surface area contributed by atoms with Gasteiger partial charge in [-0.3, -0.25) is 5.10 Å². The van der Waals surface area contributed by atoms with Crippen LogP contribution in [0.2, 0.25) is 0 Å². The average molecular weight is 235 g/mol. The highest BCUT2D eigenvalue weighted by molar-refractivity contribution is 5.83. The number of nitrogens with zero attached hydrogens (tertiary/aromatic N) is 1. The molecule has 0 saturated heterocycles. The highest BCUT2D eigenvalue weighted by Crippen LogP contribution is 2.37. The summed E-state index contributed by atoms with van der Waals surface area (Å²) in [5, 5.41) is 12.3. The molecule has 18 heavy (non-hydrogen) atoms. The highest BCUT2D eigenvalue weighted by Gasteiger charge is 2.25. The zero-order valence-electron chi connectivity index (χ0n) is 9.85. The molecule has 3 heteroatoms. The summed E-state index contributed by atoms with van der Waals surface area (Å²) in [5.74, 6) is 0.369. The molecule has 0 bridgehead atoms. The first-order valence-electron chi connectivity index (χ1n) is 6.19. The SMILES string of the molecule is c1ccc2c(c1)NCC2c1[nH]nc2ccccc12. The lowest BCUT2D eigenvalue weighted by atomic mass is 9.96. The number of benzene rings is 2. The molecule has 3 aromatic rings. The molecule has 0 fully saturated rings. The van der Waals surface area contributed by atoms with Crippen molar-refractivity contribution in [3.63, 3.8) is 0 Å². The van der Waals surface area contributed by atoms with E-state index >= 15 is 0 Å². The van der Waals surface area contributed by atoms with E-state index < -0.39 is 0 Å². The van der Waals surface area contributed by atoms with Crippen LogP contribution < -0.4 is 5.32 Å². The van der Waals surface area contributed by atoms with Crippen molar-refractivity contribution in [1.29, 1.82) is 0 Å². The number of hydrogen-bond acceptors (Lipinski definition) is 2. The number of aromatic amines is 1. The Morgan fingerprint density at radius 1 is 1.00 bits per heavy atom. The number of fused-ring (bicyclic) bond motifs is 2. The Morgan fingerprint density at radius 3 is 2.83 bits per heavy atom. The van der Waals surface area contributed by atoms with Gasteiger partial charge in [0.05, 0.1) is 11.2 Å². The van der Waals surface area contributed by atoms with Crippen molar-refractivity contribution < 1.29 is 0 Å². The van der Waals surface area contributed by atoms with Crippen LogP contribution in [0.25, 0.3) is 10.9 Å².